The molecule has 0 spiro atoms. The summed E-state index contributed by atoms with van der Waals surface area (Å²) in [5.41, 5.74) is 1.16. The van der Waals surface area contributed by atoms with Crippen LogP contribution in [-0.2, 0) is 19.6 Å². The van der Waals surface area contributed by atoms with E-state index in [0.717, 1.165) is 16.9 Å². The Hall–Kier alpha value is -4.29. The van der Waals surface area contributed by atoms with E-state index in [4.69, 9.17) is 9.15 Å². The van der Waals surface area contributed by atoms with Gasteiger partial charge >= 0.3 is 217 Å². The van der Waals surface area contributed by atoms with Gasteiger partial charge in [-0.3, -0.25) is 0 Å². The Bertz CT molecular complexity index is 1860. The van der Waals surface area contributed by atoms with Crippen molar-refractivity contribution in [2.75, 3.05) is 12.9 Å². The normalized spacial score (nSPS) is 12.4. The molecule has 0 radical (unpaired) electrons. The molecule has 0 unspecified atom stereocenters. The molecule has 0 saturated carbocycles. The van der Waals surface area contributed by atoms with Crippen LogP contribution in [-0.4, -0.2) is 27.3 Å². The third kappa shape index (κ3) is 5.98. The second kappa shape index (κ2) is 12.5. The fourth-order valence-electron chi connectivity index (χ4n) is 5.82. The minimum Gasteiger partial charge on any atom is -0.0614 e. The minimum absolute atomic E-state index is 0.0412. The van der Waals surface area contributed by atoms with Gasteiger partial charge in [-0.2, -0.15) is 0 Å². The molecule has 0 aliphatic heterocycles. The van der Waals surface area contributed by atoms with Gasteiger partial charge in [0.1, 0.15) is 5.58 Å². The van der Waals surface area contributed by atoms with Crippen LogP contribution in [0.3, 0.4) is 0 Å². The number of ether oxygens (including phenoxy) is 1. The van der Waals surface area contributed by atoms with Crippen LogP contribution in [0.15, 0.2) is 143 Å². The summed E-state index contributed by atoms with van der Waals surface area (Å²) in [5, 5.41) is 5.57. The number of carbonyl (C=O) groups excluding carboxylic acids is 1. The van der Waals surface area contributed by atoms with Crippen LogP contribution in [0.5, 0.6) is 0 Å². The fourth-order valence-corrected chi connectivity index (χ4v) is 11.6. The Morgan fingerprint density at radius 3 is 1.81 bits per heavy atom. The smallest absolute Gasteiger partial charge is 0.0614 e. The monoisotopic (exact) mass is 609 g/mol. The van der Waals surface area contributed by atoms with Gasteiger partial charge in [0.2, 0.25) is 0 Å². The van der Waals surface area contributed by atoms with Crippen molar-refractivity contribution in [1.82, 2.24) is 4.72 Å². The molecule has 6 nitrogen and oxygen atoms in total. The molecule has 1 aromatic heterocycles. The number of rotatable bonds is 11. The van der Waals surface area contributed by atoms with Crippen molar-refractivity contribution in [2.45, 2.75) is 17.7 Å². The van der Waals surface area contributed by atoms with Crippen molar-refractivity contribution in [3.8, 4) is 0 Å². The molecule has 218 valence electrons. The fraction of sp³-hybridized carbons (Fsp3) is 0.114. The van der Waals surface area contributed by atoms with Gasteiger partial charge in [-0.05, 0) is 6.07 Å². The van der Waals surface area contributed by atoms with Gasteiger partial charge in [0.25, 0.3) is 0 Å². The Morgan fingerprint density at radius 1 is 0.674 bits per heavy atom. The molecule has 0 aliphatic carbocycles. The van der Waals surface area contributed by atoms with E-state index in [1.165, 1.54) is 28.0 Å². The predicted molar refractivity (Wildman–Crippen MR) is 176 cm³/mol. The third-order valence-corrected chi connectivity index (χ3v) is 14.3. The van der Waals surface area contributed by atoms with Crippen LogP contribution in [0.4, 0.5) is 0 Å². The van der Waals surface area contributed by atoms with E-state index in [0.29, 0.717) is 17.6 Å². The van der Waals surface area contributed by atoms with Crippen molar-refractivity contribution in [3.63, 3.8) is 0 Å². The van der Waals surface area contributed by atoms with Gasteiger partial charge in [-0.1, -0.05) is 18.2 Å². The van der Waals surface area contributed by atoms with Crippen LogP contribution >= 0.6 is 7.26 Å². The number of para-hydroxylation sites is 1. The summed E-state index contributed by atoms with van der Waals surface area (Å²) in [6, 6.07) is 43.8. The van der Waals surface area contributed by atoms with Gasteiger partial charge in [-0.15, -0.1) is 0 Å². The molecular weight excluding hydrogens is 577 g/mol. The van der Waals surface area contributed by atoms with Crippen LogP contribution in [0, 0.1) is 0 Å². The maximum absolute atomic E-state index is 13.0. The van der Waals surface area contributed by atoms with Crippen molar-refractivity contribution in [3.05, 3.63) is 133 Å². The quantitative estimate of drug-likeness (QED) is 0.113. The first-order chi connectivity index (χ1) is 21.0. The van der Waals surface area contributed by atoms with E-state index in [1.807, 2.05) is 42.5 Å². The van der Waals surface area contributed by atoms with E-state index in [-0.39, 0.29) is 11.3 Å². The molecule has 0 fully saturated rings. The summed E-state index contributed by atoms with van der Waals surface area (Å²) in [6.07, 6.45) is 1.57. The Balaban J connectivity index is 1.13. The molecule has 5 aromatic carbocycles. The van der Waals surface area contributed by atoms with Gasteiger partial charge in [0.05, 0.1) is 0 Å². The molecule has 1 heterocycles. The summed E-state index contributed by atoms with van der Waals surface area (Å²) >= 11 is 0. The Morgan fingerprint density at radius 2 is 1.21 bits per heavy atom. The number of fused-ring (bicyclic) bond motifs is 3. The third-order valence-electron chi connectivity index (χ3n) is 7.88. The molecule has 0 aliphatic rings. The molecule has 0 saturated heterocycles. The van der Waals surface area contributed by atoms with Gasteiger partial charge in [-0.25, -0.2) is 0 Å². The number of sulfonamides is 1. The van der Waals surface area contributed by atoms with Crippen LogP contribution in [0.1, 0.15) is 12.8 Å². The molecule has 1 N–H and O–H groups in total. The van der Waals surface area contributed by atoms with Crippen molar-refractivity contribution < 1.29 is 22.4 Å². The number of nitrogens with one attached hydrogen (secondary N) is 1. The van der Waals surface area contributed by atoms with Gasteiger partial charge in [0.15, 0.2) is 0 Å². The second-order valence-corrected chi connectivity index (χ2v) is 16.2. The number of benzene rings is 5. The van der Waals surface area contributed by atoms with E-state index in [9.17, 15) is 13.2 Å². The summed E-state index contributed by atoms with van der Waals surface area (Å²) in [4.78, 5) is 12.8. The van der Waals surface area contributed by atoms with Crippen molar-refractivity contribution in [2.24, 2.45) is 0 Å². The van der Waals surface area contributed by atoms with E-state index in [2.05, 4.69) is 77.5 Å². The van der Waals surface area contributed by atoms with E-state index >= 15 is 0 Å². The zero-order valence-electron chi connectivity index (χ0n) is 23.5. The Kier molecular flexibility index (Phi) is 8.39. The average molecular weight is 610 g/mol. The standard InChI is InChI=1S/C35H32NO5PS/c37-35(40-26-36-43(38,39)30-22-23-32-31-19-10-11-20-33(31)41-34(32)25-30)21-12-24-42(27-13-4-1-5-14-27,28-15-6-2-7-16-28)29-17-8-3-9-18-29/h1-11,13-20,22-23,25,36,42H,12,21,24,26H2. The number of esters is 1. The summed E-state index contributed by atoms with van der Waals surface area (Å²) < 4.78 is 39.4. The molecule has 6 aromatic rings. The average Bonchev–Trinajstić information content (AvgIpc) is 3.42. The number of carbonyl (C=O) groups is 1. The summed E-state index contributed by atoms with van der Waals surface area (Å²) in [7, 11) is -6.38. The second-order valence-electron chi connectivity index (χ2n) is 10.4. The SMILES string of the molecule is O=C(CCC[PH](c1ccccc1)(c1ccccc1)c1ccccc1)OCNS(=O)(=O)c1ccc2c(c1)oc1ccccc12. The first-order valence-corrected chi connectivity index (χ1v) is 17.9. The van der Waals surface area contributed by atoms with Gasteiger partial charge in [0, 0.05) is 5.39 Å². The topological polar surface area (TPSA) is 85.6 Å². The molecular formula is C35H32NO5PS. The predicted octanol–water partition coefficient (Wildman–Crippen LogP) is 5.87. The van der Waals surface area contributed by atoms with E-state index < -0.39 is 30.0 Å². The molecule has 0 atom stereocenters. The van der Waals surface area contributed by atoms with Crippen LogP contribution in [0.25, 0.3) is 21.9 Å². The minimum atomic E-state index is -3.92. The van der Waals surface area contributed by atoms with Crippen molar-refractivity contribution in [1.29, 1.82) is 0 Å². The maximum atomic E-state index is 13.0. The first-order valence-electron chi connectivity index (χ1n) is 14.2. The zero-order chi connectivity index (χ0) is 29.7. The number of hydrogen-bond donors (Lipinski definition) is 1. The zero-order valence-corrected chi connectivity index (χ0v) is 25.3. The Labute approximate surface area is 251 Å². The first kappa shape index (κ1) is 28.8. The molecule has 8 heteroatoms. The summed E-state index contributed by atoms with van der Waals surface area (Å²) in [5.74, 6) is -0.451. The van der Waals surface area contributed by atoms with Crippen LogP contribution in [0.2, 0.25) is 0 Å². The molecule has 0 amide bonds. The summed E-state index contributed by atoms with van der Waals surface area (Å²) in [6.45, 7) is -0.446. The van der Waals surface area contributed by atoms with Crippen LogP contribution < -0.4 is 20.6 Å². The molecule has 6 rings (SSSR count). The van der Waals surface area contributed by atoms with Crippen molar-refractivity contribution >= 4 is 61.1 Å². The number of hydrogen-bond acceptors (Lipinski definition) is 5. The van der Waals surface area contributed by atoms with E-state index in [1.54, 1.807) is 6.07 Å². The molecule has 0 bridgehead atoms. The van der Waals surface area contributed by atoms with Gasteiger partial charge < -0.3 is 0 Å². The molecule has 43 heavy (non-hydrogen) atoms. The number of furan rings is 1.